The van der Waals surface area contributed by atoms with Crippen LogP contribution in [0.4, 0.5) is 0 Å². The van der Waals surface area contributed by atoms with Crippen LogP contribution in [0.25, 0.3) is 0 Å². The Morgan fingerprint density at radius 1 is 0.0947 bits per heavy atom. The molecule has 0 aromatic carbocycles. The van der Waals surface area contributed by atoms with Gasteiger partial charge in [0.2, 0.25) is 0 Å². The standard InChI is InChI=1S/C95H192/c1-9-17-25-33-41-47-51-53-56-61-66-74-82-90-94(88-79-71-63-58-50-44-36-28-20-12-4,89-81-73-65-60-55-52-48-42-34-26-18-10-2)95(91-83-75-67-46-38-30-22-14-6,92-84-76-68-57-45-37-29-21-13-5)93(85-77-69-40-32-24-16-8,86-78-70-62-39-31-23-15-7)87-80-72-64-59-54-49-43-35-27-19-11-3/h9-92H2,1-8H3. The lowest BCUT2D eigenvalue weighted by atomic mass is 9.41. The summed E-state index contributed by atoms with van der Waals surface area (Å²) in [6, 6.07) is 0. The molecule has 3 unspecified atom stereocenters. The minimum absolute atomic E-state index is 0.460. The lowest BCUT2D eigenvalue weighted by Crippen LogP contribution is -2.54. The first-order valence-corrected chi connectivity index (χ1v) is 47.0. The Bertz CT molecular complexity index is 1360. The molecule has 0 aromatic heterocycles. The van der Waals surface area contributed by atoms with Crippen molar-refractivity contribution < 1.29 is 0 Å². The van der Waals surface area contributed by atoms with Crippen LogP contribution in [0.15, 0.2) is 0 Å². The van der Waals surface area contributed by atoms with Gasteiger partial charge in [-0.2, -0.15) is 0 Å². The monoisotopic (exact) mass is 1330 g/mol. The molecule has 0 spiro atoms. The molecule has 0 radical (unpaired) electrons. The summed E-state index contributed by atoms with van der Waals surface area (Å²) in [6.45, 7) is 19.2. The maximum absolute atomic E-state index is 2.45. The van der Waals surface area contributed by atoms with Crippen LogP contribution in [0.1, 0.15) is 595 Å². The van der Waals surface area contributed by atoms with E-state index in [0.29, 0.717) is 16.2 Å². The van der Waals surface area contributed by atoms with Crippen molar-refractivity contribution in [3.05, 3.63) is 0 Å². The van der Waals surface area contributed by atoms with Gasteiger partial charge in [0.25, 0.3) is 0 Å². The van der Waals surface area contributed by atoms with Crippen molar-refractivity contribution in [3.63, 3.8) is 0 Å². The summed E-state index contributed by atoms with van der Waals surface area (Å²) in [7, 11) is 0. The predicted molar refractivity (Wildman–Crippen MR) is 441 cm³/mol. The van der Waals surface area contributed by atoms with E-state index in [2.05, 4.69) is 55.4 Å². The molecule has 0 bridgehead atoms. The fourth-order valence-electron chi connectivity index (χ4n) is 18.8. The molecule has 95 heavy (non-hydrogen) atoms. The van der Waals surface area contributed by atoms with Gasteiger partial charge in [-0.1, -0.05) is 543 Å². The van der Waals surface area contributed by atoms with Crippen molar-refractivity contribution >= 4 is 0 Å². The van der Waals surface area contributed by atoms with Gasteiger partial charge in [0.15, 0.2) is 0 Å². The summed E-state index contributed by atoms with van der Waals surface area (Å²) in [6.07, 6.45) is 125. The molecule has 572 valence electrons. The fourth-order valence-corrected chi connectivity index (χ4v) is 18.8. The van der Waals surface area contributed by atoms with Crippen molar-refractivity contribution in [2.24, 2.45) is 16.2 Å². The maximum Gasteiger partial charge on any atom is -0.0184 e. The van der Waals surface area contributed by atoms with Crippen molar-refractivity contribution in [1.29, 1.82) is 0 Å². The zero-order chi connectivity index (χ0) is 68.9. The molecule has 3 atom stereocenters. The highest BCUT2D eigenvalue weighted by Crippen LogP contribution is 2.69. The second-order valence-electron chi connectivity index (χ2n) is 33.7. The quantitative estimate of drug-likeness (QED) is 0.0533. The van der Waals surface area contributed by atoms with Gasteiger partial charge in [0.05, 0.1) is 0 Å². The third-order valence-corrected chi connectivity index (χ3v) is 25.0. The normalized spacial score (nSPS) is 13.9. The Morgan fingerprint density at radius 3 is 0.284 bits per heavy atom. The molecule has 0 aromatic rings. The summed E-state index contributed by atoms with van der Waals surface area (Å²) in [5, 5.41) is 0. The minimum Gasteiger partial charge on any atom is -0.0654 e. The lowest BCUT2D eigenvalue weighted by molar-refractivity contribution is -0.140. The first-order chi connectivity index (χ1) is 47.0. The Kier molecular flexibility index (Phi) is 78.1. The SMILES string of the molecule is CCCCCCCCCCCCCCCC(CCCCCCCCCCCC)(CCCCCCCCCCCCCC)C(CCCCCCCCCC)(CCCCCCCCCCC)C(CCCCCCCC)(CCCCCCCCC)CCCCCCCCCCCCC. The number of hydrogen-bond acceptors (Lipinski definition) is 0. The van der Waals surface area contributed by atoms with E-state index in [0.717, 1.165) is 0 Å². The number of unbranched alkanes of at least 4 members (excludes halogenated alkanes) is 68. The van der Waals surface area contributed by atoms with Gasteiger partial charge in [-0.15, -0.1) is 0 Å². The zero-order valence-electron chi connectivity index (χ0n) is 68.9. The Hall–Kier alpha value is 0. The van der Waals surface area contributed by atoms with E-state index in [-0.39, 0.29) is 0 Å². The molecule has 0 aliphatic rings. The van der Waals surface area contributed by atoms with Gasteiger partial charge in [-0.25, -0.2) is 0 Å². The second kappa shape index (κ2) is 78.1. The molecule has 0 N–H and O–H groups in total. The highest BCUT2D eigenvalue weighted by molar-refractivity contribution is 5.09. The zero-order valence-corrected chi connectivity index (χ0v) is 68.9. The lowest BCUT2D eigenvalue weighted by Gasteiger charge is -2.64. The smallest absolute Gasteiger partial charge is 0.0184 e. The van der Waals surface area contributed by atoms with E-state index >= 15 is 0 Å². The Balaban J connectivity index is 8.33. The van der Waals surface area contributed by atoms with Gasteiger partial charge in [0, 0.05) is 0 Å². The van der Waals surface area contributed by atoms with Crippen LogP contribution in [0, 0.1) is 16.2 Å². The topological polar surface area (TPSA) is 0 Å². The fraction of sp³-hybridized carbons (Fsp3) is 1.00. The Labute approximate surface area is 607 Å². The van der Waals surface area contributed by atoms with Crippen LogP contribution in [0.2, 0.25) is 0 Å². The summed E-state index contributed by atoms with van der Waals surface area (Å²) in [4.78, 5) is 0. The first-order valence-electron chi connectivity index (χ1n) is 47.0. The molecule has 0 amide bonds. The van der Waals surface area contributed by atoms with Crippen molar-refractivity contribution in [2.75, 3.05) is 0 Å². The molecule has 0 fully saturated rings. The van der Waals surface area contributed by atoms with Crippen molar-refractivity contribution in [2.45, 2.75) is 595 Å². The number of rotatable bonds is 86. The van der Waals surface area contributed by atoms with E-state index in [1.807, 2.05) is 0 Å². The van der Waals surface area contributed by atoms with Gasteiger partial charge in [-0.3, -0.25) is 0 Å². The minimum atomic E-state index is 0.460. The van der Waals surface area contributed by atoms with Crippen LogP contribution in [0.5, 0.6) is 0 Å². The molecule has 0 nitrogen and oxygen atoms in total. The van der Waals surface area contributed by atoms with Gasteiger partial charge < -0.3 is 0 Å². The van der Waals surface area contributed by atoms with E-state index in [1.54, 1.807) is 51.4 Å². The highest BCUT2D eigenvalue weighted by Gasteiger charge is 2.59. The molecular formula is C95H192. The molecule has 0 heteroatoms. The first kappa shape index (κ1) is 95.0. The van der Waals surface area contributed by atoms with Crippen LogP contribution < -0.4 is 0 Å². The number of hydrogen-bond donors (Lipinski definition) is 0. The van der Waals surface area contributed by atoms with E-state index in [9.17, 15) is 0 Å². The Morgan fingerprint density at radius 2 is 0.179 bits per heavy atom. The van der Waals surface area contributed by atoms with E-state index < -0.39 is 0 Å². The van der Waals surface area contributed by atoms with Crippen LogP contribution in [0.3, 0.4) is 0 Å². The largest absolute Gasteiger partial charge is 0.0654 e. The molecule has 0 heterocycles. The third-order valence-electron chi connectivity index (χ3n) is 25.0. The third kappa shape index (κ3) is 57.1. The average Bonchev–Trinajstić information content (AvgIpc) is 0.724. The molecule has 0 aliphatic carbocycles. The van der Waals surface area contributed by atoms with Gasteiger partial charge >= 0.3 is 0 Å². The molecular weight excluding hydrogens is 1140 g/mol. The van der Waals surface area contributed by atoms with Gasteiger partial charge in [0.1, 0.15) is 0 Å². The van der Waals surface area contributed by atoms with E-state index in [1.165, 1.54) is 488 Å². The molecule has 0 rings (SSSR count). The van der Waals surface area contributed by atoms with Crippen LogP contribution >= 0.6 is 0 Å². The van der Waals surface area contributed by atoms with E-state index in [4.69, 9.17) is 0 Å². The predicted octanol–water partition coefficient (Wildman–Crippen LogP) is 36.9. The second-order valence-corrected chi connectivity index (χ2v) is 33.7. The summed E-state index contributed by atoms with van der Waals surface area (Å²) in [5.74, 6) is 0. The molecule has 0 saturated heterocycles. The van der Waals surface area contributed by atoms with Crippen molar-refractivity contribution in [1.82, 2.24) is 0 Å². The summed E-state index contributed by atoms with van der Waals surface area (Å²) in [5.41, 5.74) is 1.42. The maximum atomic E-state index is 2.45. The average molecular weight is 1330 g/mol. The summed E-state index contributed by atoms with van der Waals surface area (Å²) >= 11 is 0. The van der Waals surface area contributed by atoms with Crippen molar-refractivity contribution in [3.8, 4) is 0 Å². The molecule has 0 aliphatic heterocycles. The molecule has 0 saturated carbocycles. The summed E-state index contributed by atoms with van der Waals surface area (Å²) < 4.78 is 0. The van der Waals surface area contributed by atoms with Crippen LogP contribution in [-0.4, -0.2) is 0 Å². The van der Waals surface area contributed by atoms with Gasteiger partial charge in [-0.05, 0) is 67.6 Å². The van der Waals surface area contributed by atoms with Crippen LogP contribution in [-0.2, 0) is 0 Å². The highest BCUT2D eigenvalue weighted by atomic mass is 14.6.